The van der Waals surface area contributed by atoms with E-state index < -0.39 is 30.1 Å². The van der Waals surface area contributed by atoms with Crippen molar-refractivity contribution in [2.24, 2.45) is 0 Å². The first-order chi connectivity index (χ1) is 10.2. The van der Waals surface area contributed by atoms with Crippen LogP contribution >= 0.6 is 11.6 Å². The number of halogens is 5. The second kappa shape index (κ2) is 7.64. The first-order valence-electron chi connectivity index (χ1n) is 6.04. The number of nitrogens with zero attached hydrogens (tertiary/aromatic N) is 1. The molecule has 0 bridgehead atoms. The van der Waals surface area contributed by atoms with E-state index in [2.05, 4.69) is 4.74 Å². The smallest absolute Gasteiger partial charge is 0.426 e. The fraction of sp³-hybridized carbons (Fsp3) is 0.462. The Bertz CT molecular complexity index is 528. The summed E-state index contributed by atoms with van der Waals surface area (Å²) < 4.78 is 59.8. The summed E-state index contributed by atoms with van der Waals surface area (Å²) >= 11 is 5.46. The van der Waals surface area contributed by atoms with Gasteiger partial charge in [0.15, 0.2) is 5.75 Å². The van der Waals surface area contributed by atoms with Gasteiger partial charge in [-0.25, -0.2) is 0 Å². The van der Waals surface area contributed by atoms with Gasteiger partial charge in [-0.15, -0.1) is 11.6 Å². The van der Waals surface area contributed by atoms with E-state index in [1.54, 1.807) is 0 Å². The number of para-hydroxylation sites is 1. The molecular weight excluding hydrogens is 330 g/mol. The molecule has 0 radical (unpaired) electrons. The Balaban J connectivity index is 3.31. The topological polar surface area (TPSA) is 38.8 Å². The third-order valence-corrected chi connectivity index (χ3v) is 2.87. The van der Waals surface area contributed by atoms with E-state index in [0.29, 0.717) is 5.56 Å². The molecule has 1 rings (SSSR count). The quantitative estimate of drug-likeness (QED) is 0.432. The van der Waals surface area contributed by atoms with Crippen molar-refractivity contribution in [2.75, 3.05) is 24.6 Å². The van der Waals surface area contributed by atoms with E-state index >= 15 is 0 Å². The number of aryl methyl sites for hydroxylation is 1. The summed E-state index contributed by atoms with van der Waals surface area (Å²) in [6, 6.07) is 3.90. The van der Waals surface area contributed by atoms with E-state index in [-0.39, 0.29) is 12.4 Å². The van der Waals surface area contributed by atoms with Crippen LogP contribution in [-0.4, -0.2) is 38.2 Å². The maximum Gasteiger partial charge on any atom is 0.461 e. The van der Waals surface area contributed by atoms with Crippen molar-refractivity contribution in [1.29, 1.82) is 0 Å². The fourth-order valence-corrected chi connectivity index (χ4v) is 1.86. The highest BCUT2D eigenvalue weighted by Gasteiger charge is 2.44. The van der Waals surface area contributed by atoms with Crippen molar-refractivity contribution in [3.8, 4) is 5.75 Å². The lowest BCUT2D eigenvalue weighted by Gasteiger charge is -2.27. The summed E-state index contributed by atoms with van der Waals surface area (Å²) in [6.45, 7) is 1.21. The van der Waals surface area contributed by atoms with Crippen molar-refractivity contribution in [3.63, 3.8) is 0 Å². The molecule has 0 aromatic heterocycles. The molecule has 0 saturated carbocycles. The Labute approximate surface area is 129 Å². The van der Waals surface area contributed by atoms with Crippen LogP contribution in [0.3, 0.4) is 0 Å². The lowest BCUT2D eigenvalue weighted by molar-refractivity contribution is -0.253. The standard InChI is InChI=1S/C13H14ClF4NO3/c1-8-4-3-5-9(22-13(17,18)12(15)16)11(8)19(7-21-2)10(20)6-14/h3-5,12H,6-7H2,1-2H3. The Morgan fingerprint density at radius 2 is 2.05 bits per heavy atom. The van der Waals surface area contributed by atoms with Crippen LogP contribution in [0, 0.1) is 6.92 Å². The van der Waals surface area contributed by atoms with Crippen molar-refractivity contribution in [2.45, 2.75) is 19.5 Å². The van der Waals surface area contributed by atoms with Gasteiger partial charge in [-0.1, -0.05) is 12.1 Å². The molecule has 1 aromatic rings. The minimum Gasteiger partial charge on any atom is -0.426 e. The van der Waals surface area contributed by atoms with Gasteiger partial charge >= 0.3 is 12.5 Å². The van der Waals surface area contributed by atoms with Crippen LogP contribution in [0.4, 0.5) is 23.2 Å². The second-order valence-corrected chi connectivity index (χ2v) is 4.53. The highest BCUT2D eigenvalue weighted by atomic mass is 35.5. The van der Waals surface area contributed by atoms with Crippen molar-refractivity contribution in [1.82, 2.24) is 0 Å². The van der Waals surface area contributed by atoms with Gasteiger partial charge in [0.1, 0.15) is 12.6 Å². The predicted molar refractivity (Wildman–Crippen MR) is 72.8 cm³/mol. The second-order valence-electron chi connectivity index (χ2n) is 4.26. The van der Waals surface area contributed by atoms with Crippen LogP contribution in [-0.2, 0) is 9.53 Å². The summed E-state index contributed by atoms with van der Waals surface area (Å²) in [6.07, 6.45) is -8.70. The molecule has 0 atom stereocenters. The molecule has 0 aliphatic heterocycles. The van der Waals surface area contributed by atoms with Crippen molar-refractivity contribution < 1.29 is 31.8 Å². The number of amides is 1. The molecule has 1 aromatic carbocycles. The van der Waals surface area contributed by atoms with Crippen LogP contribution < -0.4 is 9.64 Å². The third kappa shape index (κ3) is 4.23. The van der Waals surface area contributed by atoms with Crippen molar-refractivity contribution >= 4 is 23.2 Å². The molecular formula is C13H14ClF4NO3. The van der Waals surface area contributed by atoms with E-state index in [1.807, 2.05) is 0 Å². The van der Waals surface area contributed by atoms with E-state index in [1.165, 1.54) is 26.2 Å². The Hall–Kier alpha value is -1.54. The Morgan fingerprint density at radius 1 is 1.41 bits per heavy atom. The maximum atomic E-state index is 13.1. The van der Waals surface area contributed by atoms with Gasteiger partial charge < -0.3 is 9.47 Å². The zero-order valence-corrected chi connectivity index (χ0v) is 12.5. The van der Waals surface area contributed by atoms with Crippen LogP contribution in [0.2, 0.25) is 0 Å². The van der Waals surface area contributed by atoms with E-state index in [0.717, 1.165) is 11.0 Å². The molecule has 124 valence electrons. The number of alkyl halides is 5. The first kappa shape index (κ1) is 18.5. The van der Waals surface area contributed by atoms with Gasteiger partial charge in [-0.3, -0.25) is 9.69 Å². The molecule has 0 aliphatic carbocycles. The number of carbonyl (C=O) groups excluding carboxylic acids is 1. The zero-order chi connectivity index (χ0) is 16.9. The maximum absolute atomic E-state index is 13.1. The number of anilines is 1. The number of hydrogen-bond donors (Lipinski definition) is 0. The first-order valence-corrected chi connectivity index (χ1v) is 6.58. The van der Waals surface area contributed by atoms with Gasteiger partial charge in [-0.2, -0.15) is 17.6 Å². The summed E-state index contributed by atoms with van der Waals surface area (Å²) in [7, 11) is 1.28. The number of benzene rings is 1. The molecule has 4 nitrogen and oxygen atoms in total. The van der Waals surface area contributed by atoms with Gasteiger partial charge in [0.05, 0.1) is 5.69 Å². The summed E-state index contributed by atoms with van der Waals surface area (Å²) in [5, 5.41) is 0. The van der Waals surface area contributed by atoms with Gasteiger partial charge in [0, 0.05) is 7.11 Å². The molecule has 0 N–H and O–H groups in total. The van der Waals surface area contributed by atoms with Crippen LogP contribution in [0.25, 0.3) is 0 Å². The molecule has 0 heterocycles. The van der Waals surface area contributed by atoms with Gasteiger partial charge in [0.2, 0.25) is 5.91 Å². The zero-order valence-electron chi connectivity index (χ0n) is 11.8. The summed E-state index contributed by atoms with van der Waals surface area (Å²) in [4.78, 5) is 12.8. The highest BCUT2D eigenvalue weighted by molar-refractivity contribution is 6.29. The van der Waals surface area contributed by atoms with Crippen LogP contribution in [0.5, 0.6) is 5.75 Å². The number of carbonyl (C=O) groups is 1. The molecule has 0 spiro atoms. The van der Waals surface area contributed by atoms with E-state index in [4.69, 9.17) is 16.3 Å². The molecule has 9 heteroatoms. The normalized spacial score (nSPS) is 11.6. The van der Waals surface area contributed by atoms with Crippen LogP contribution in [0.15, 0.2) is 18.2 Å². The lowest BCUT2D eigenvalue weighted by Crippen LogP contribution is -2.37. The summed E-state index contributed by atoms with van der Waals surface area (Å²) in [5.41, 5.74) is 0.258. The average molecular weight is 344 g/mol. The van der Waals surface area contributed by atoms with Crippen molar-refractivity contribution in [3.05, 3.63) is 23.8 Å². The molecule has 1 amide bonds. The molecule has 0 unspecified atom stereocenters. The van der Waals surface area contributed by atoms with Gasteiger partial charge in [-0.05, 0) is 18.6 Å². The molecule has 22 heavy (non-hydrogen) atoms. The summed E-state index contributed by atoms with van der Waals surface area (Å²) in [5.74, 6) is -1.66. The molecule has 0 saturated heterocycles. The largest absolute Gasteiger partial charge is 0.461 e. The number of hydrogen-bond acceptors (Lipinski definition) is 3. The third-order valence-electron chi connectivity index (χ3n) is 2.64. The number of methoxy groups -OCH3 is 1. The minimum atomic E-state index is -4.69. The Kier molecular flexibility index (Phi) is 6.43. The number of ether oxygens (including phenoxy) is 2. The monoisotopic (exact) mass is 343 g/mol. The lowest BCUT2D eigenvalue weighted by atomic mass is 10.1. The Morgan fingerprint density at radius 3 is 2.55 bits per heavy atom. The van der Waals surface area contributed by atoms with E-state index in [9.17, 15) is 22.4 Å². The fourth-order valence-electron chi connectivity index (χ4n) is 1.71. The molecule has 0 fully saturated rings. The van der Waals surface area contributed by atoms with Gasteiger partial charge in [0.25, 0.3) is 0 Å². The average Bonchev–Trinajstić information content (AvgIpc) is 2.44. The molecule has 0 aliphatic rings. The predicted octanol–water partition coefficient (Wildman–Crippen LogP) is 3.41. The SMILES string of the molecule is COCN(C(=O)CCl)c1c(C)cccc1OC(F)(F)C(F)F. The number of rotatable bonds is 7. The minimum absolute atomic E-state index is 0.102. The highest BCUT2D eigenvalue weighted by Crippen LogP contribution is 2.37. The van der Waals surface area contributed by atoms with Crippen LogP contribution in [0.1, 0.15) is 5.56 Å².